The molecule has 2 rings (SSSR count). The second kappa shape index (κ2) is 6.67. The molecule has 0 spiro atoms. The first-order valence-corrected chi connectivity index (χ1v) is 7.22. The SMILES string of the molecule is CCCC1CCC(=O)C(CCc2ccccn2)C1. The molecule has 2 heteroatoms. The van der Waals surface area contributed by atoms with Gasteiger partial charge in [-0.1, -0.05) is 25.8 Å². The van der Waals surface area contributed by atoms with Crippen molar-refractivity contribution < 1.29 is 4.79 Å². The number of aromatic nitrogens is 1. The molecule has 0 saturated heterocycles. The molecule has 2 unspecified atom stereocenters. The third-order valence-electron chi connectivity index (χ3n) is 4.04. The fraction of sp³-hybridized carbons (Fsp3) is 0.625. The average molecular weight is 245 g/mol. The van der Waals surface area contributed by atoms with Crippen LogP contribution in [0.3, 0.4) is 0 Å². The topological polar surface area (TPSA) is 30.0 Å². The molecule has 1 saturated carbocycles. The van der Waals surface area contributed by atoms with E-state index in [0.29, 0.717) is 5.78 Å². The van der Waals surface area contributed by atoms with Gasteiger partial charge < -0.3 is 0 Å². The number of aryl methyl sites for hydroxylation is 1. The lowest BCUT2D eigenvalue weighted by Crippen LogP contribution is -2.25. The lowest BCUT2D eigenvalue weighted by atomic mass is 9.76. The molecule has 0 aliphatic heterocycles. The highest BCUT2D eigenvalue weighted by atomic mass is 16.1. The smallest absolute Gasteiger partial charge is 0.136 e. The van der Waals surface area contributed by atoms with E-state index >= 15 is 0 Å². The van der Waals surface area contributed by atoms with E-state index in [1.807, 2.05) is 18.3 Å². The monoisotopic (exact) mass is 245 g/mol. The molecule has 0 radical (unpaired) electrons. The largest absolute Gasteiger partial charge is 0.299 e. The highest BCUT2D eigenvalue weighted by Crippen LogP contribution is 2.32. The third-order valence-corrected chi connectivity index (χ3v) is 4.04. The first-order chi connectivity index (χ1) is 8.79. The van der Waals surface area contributed by atoms with Crippen molar-refractivity contribution in [3.63, 3.8) is 0 Å². The number of carbonyl (C=O) groups is 1. The Balaban J connectivity index is 1.85. The zero-order valence-corrected chi connectivity index (χ0v) is 11.3. The van der Waals surface area contributed by atoms with Crippen molar-refractivity contribution in [2.24, 2.45) is 11.8 Å². The summed E-state index contributed by atoms with van der Waals surface area (Å²) in [6, 6.07) is 6.01. The van der Waals surface area contributed by atoms with Crippen molar-refractivity contribution in [3.05, 3.63) is 30.1 Å². The molecule has 0 N–H and O–H groups in total. The van der Waals surface area contributed by atoms with Crippen LogP contribution in [0.1, 0.15) is 51.1 Å². The number of rotatable bonds is 5. The van der Waals surface area contributed by atoms with E-state index in [4.69, 9.17) is 0 Å². The highest BCUT2D eigenvalue weighted by Gasteiger charge is 2.27. The van der Waals surface area contributed by atoms with Crippen molar-refractivity contribution in [3.8, 4) is 0 Å². The van der Waals surface area contributed by atoms with E-state index in [9.17, 15) is 4.79 Å². The van der Waals surface area contributed by atoms with E-state index in [1.165, 1.54) is 12.8 Å². The number of pyridine rings is 1. The Morgan fingerprint density at radius 3 is 2.94 bits per heavy atom. The van der Waals surface area contributed by atoms with Gasteiger partial charge in [-0.2, -0.15) is 0 Å². The molecule has 1 aliphatic rings. The number of nitrogens with zero attached hydrogens (tertiary/aromatic N) is 1. The van der Waals surface area contributed by atoms with E-state index in [1.54, 1.807) is 0 Å². The van der Waals surface area contributed by atoms with Crippen LogP contribution >= 0.6 is 0 Å². The maximum absolute atomic E-state index is 11.9. The van der Waals surface area contributed by atoms with Gasteiger partial charge in [-0.15, -0.1) is 0 Å². The van der Waals surface area contributed by atoms with E-state index in [-0.39, 0.29) is 5.92 Å². The van der Waals surface area contributed by atoms with Gasteiger partial charge in [-0.3, -0.25) is 9.78 Å². The number of Topliss-reactive ketones (excluding diaryl/α,β-unsaturated/α-hetero) is 1. The second-order valence-corrected chi connectivity index (χ2v) is 5.45. The standard InChI is InChI=1S/C16H23NO/c1-2-5-13-7-10-16(18)14(12-13)8-9-15-6-3-4-11-17-15/h3-4,6,11,13-14H,2,5,7-10,12H2,1H3. The molecule has 1 aromatic rings. The zero-order valence-electron chi connectivity index (χ0n) is 11.3. The summed E-state index contributed by atoms with van der Waals surface area (Å²) in [7, 11) is 0. The molecular formula is C16H23NO. The number of carbonyl (C=O) groups excluding carboxylic acids is 1. The predicted molar refractivity (Wildman–Crippen MR) is 73.3 cm³/mol. The number of ketones is 1. The highest BCUT2D eigenvalue weighted by molar-refractivity contribution is 5.81. The van der Waals surface area contributed by atoms with Crippen LogP contribution in [-0.2, 0) is 11.2 Å². The van der Waals surface area contributed by atoms with Crippen LogP contribution in [0.15, 0.2) is 24.4 Å². The fourth-order valence-electron chi connectivity index (χ4n) is 3.02. The molecule has 0 bridgehead atoms. The lowest BCUT2D eigenvalue weighted by Gasteiger charge is -2.27. The van der Waals surface area contributed by atoms with Crippen LogP contribution < -0.4 is 0 Å². The summed E-state index contributed by atoms with van der Waals surface area (Å²) < 4.78 is 0. The summed E-state index contributed by atoms with van der Waals surface area (Å²) in [6.45, 7) is 2.24. The van der Waals surface area contributed by atoms with Crippen LogP contribution in [0, 0.1) is 11.8 Å². The molecule has 1 heterocycles. The summed E-state index contributed by atoms with van der Waals surface area (Å²) in [6.07, 6.45) is 9.31. The van der Waals surface area contributed by atoms with Gasteiger partial charge in [0.15, 0.2) is 0 Å². The Morgan fingerprint density at radius 1 is 1.33 bits per heavy atom. The first kappa shape index (κ1) is 13.3. The second-order valence-electron chi connectivity index (χ2n) is 5.45. The van der Waals surface area contributed by atoms with Gasteiger partial charge >= 0.3 is 0 Å². The van der Waals surface area contributed by atoms with Gasteiger partial charge in [0.25, 0.3) is 0 Å². The summed E-state index contributed by atoms with van der Waals surface area (Å²) >= 11 is 0. The zero-order chi connectivity index (χ0) is 12.8. The fourth-order valence-corrected chi connectivity index (χ4v) is 3.02. The number of hydrogen-bond acceptors (Lipinski definition) is 2. The predicted octanol–water partition coefficient (Wildman–Crippen LogP) is 3.80. The molecule has 1 aliphatic carbocycles. The lowest BCUT2D eigenvalue weighted by molar-refractivity contribution is -0.125. The van der Waals surface area contributed by atoms with Crippen molar-refractivity contribution >= 4 is 5.78 Å². The Labute approximate surface area is 110 Å². The average Bonchev–Trinajstić information content (AvgIpc) is 2.41. The Kier molecular flexibility index (Phi) is 4.91. The Hall–Kier alpha value is -1.18. The van der Waals surface area contributed by atoms with Crippen molar-refractivity contribution in [2.75, 3.05) is 0 Å². The minimum atomic E-state index is 0.289. The molecule has 0 aromatic carbocycles. The van der Waals surface area contributed by atoms with Crippen LogP contribution in [0.2, 0.25) is 0 Å². The normalized spacial score (nSPS) is 24.2. The minimum absolute atomic E-state index is 0.289. The maximum atomic E-state index is 11.9. The van der Waals surface area contributed by atoms with Crippen molar-refractivity contribution in [2.45, 2.75) is 51.9 Å². The summed E-state index contributed by atoms with van der Waals surface area (Å²) in [5.74, 6) is 1.55. The first-order valence-electron chi connectivity index (χ1n) is 7.22. The van der Waals surface area contributed by atoms with Gasteiger partial charge in [0, 0.05) is 24.2 Å². The molecule has 1 fully saturated rings. The van der Waals surface area contributed by atoms with Gasteiger partial charge in [-0.25, -0.2) is 0 Å². The molecule has 98 valence electrons. The quantitative estimate of drug-likeness (QED) is 0.789. The van der Waals surface area contributed by atoms with E-state index in [0.717, 1.165) is 43.7 Å². The van der Waals surface area contributed by atoms with Crippen LogP contribution in [-0.4, -0.2) is 10.8 Å². The van der Waals surface area contributed by atoms with E-state index in [2.05, 4.69) is 18.0 Å². The van der Waals surface area contributed by atoms with Crippen molar-refractivity contribution in [1.29, 1.82) is 0 Å². The van der Waals surface area contributed by atoms with Crippen molar-refractivity contribution in [1.82, 2.24) is 4.98 Å². The third kappa shape index (κ3) is 3.66. The summed E-state index contributed by atoms with van der Waals surface area (Å²) in [5.41, 5.74) is 1.11. The molecule has 2 atom stereocenters. The minimum Gasteiger partial charge on any atom is -0.299 e. The van der Waals surface area contributed by atoms with Gasteiger partial charge in [0.05, 0.1) is 0 Å². The Morgan fingerprint density at radius 2 is 2.22 bits per heavy atom. The van der Waals surface area contributed by atoms with E-state index < -0.39 is 0 Å². The molecule has 2 nitrogen and oxygen atoms in total. The maximum Gasteiger partial charge on any atom is 0.136 e. The molecule has 0 amide bonds. The van der Waals surface area contributed by atoms with Crippen LogP contribution in [0.25, 0.3) is 0 Å². The van der Waals surface area contributed by atoms with Crippen LogP contribution in [0.5, 0.6) is 0 Å². The molecular weight excluding hydrogens is 222 g/mol. The van der Waals surface area contributed by atoms with Gasteiger partial charge in [-0.05, 0) is 43.7 Å². The van der Waals surface area contributed by atoms with Gasteiger partial charge in [0.1, 0.15) is 5.78 Å². The Bertz CT molecular complexity index is 374. The summed E-state index contributed by atoms with van der Waals surface area (Å²) in [5, 5.41) is 0. The summed E-state index contributed by atoms with van der Waals surface area (Å²) in [4.78, 5) is 16.3. The number of hydrogen-bond donors (Lipinski definition) is 0. The van der Waals surface area contributed by atoms with Crippen LogP contribution in [0.4, 0.5) is 0 Å². The molecule has 18 heavy (non-hydrogen) atoms. The van der Waals surface area contributed by atoms with Gasteiger partial charge in [0.2, 0.25) is 0 Å². The molecule has 1 aromatic heterocycles.